The standard InChI is InChI=1S/C28H34N8O4/c1-17-21-16-31-28(33-26(21)36(19-5-3-4-6-19)27(40)25(17)18(2)37)32-23-9-7-20(15-30-23)34-11-13-35(14-12-34)24(39)10-8-22(29)38/h7,9,15-16,19H,3-6,8,10-14H2,1-2H3,(H2,29,38)(H,30,31,32,33). The second kappa shape index (κ2) is 11.4. The molecule has 210 valence electrons. The average molecular weight is 547 g/mol. The van der Waals surface area contributed by atoms with Crippen molar-refractivity contribution in [3.05, 3.63) is 46.0 Å². The minimum Gasteiger partial charge on any atom is -0.370 e. The van der Waals surface area contributed by atoms with Gasteiger partial charge in [0.2, 0.25) is 17.8 Å². The monoisotopic (exact) mass is 546 g/mol. The van der Waals surface area contributed by atoms with E-state index in [4.69, 9.17) is 10.7 Å². The Morgan fingerprint density at radius 3 is 2.38 bits per heavy atom. The zero-order valence-electron chi connectivity index (χ0n) is 22.9. The van der Waals surface area contributed by atoms with Crippen LogP contribution in [0.2, 0.25) is 0 Å². The number of hydrogen-bond acceptors (Lipinski definition) is 9. The largest absolute Gasteiger partial charge is 0.370 e. The van der Waals surface area contributed by atoms with Crippen LogP contribution in [0.15, 0.2) is 29.3 Å². The van der Waals surface area contributed by atoms with Crippen LogP contribution >= 0.6 is 0 Å². The highest BCUT2D eigenvalue weighted by Gasteiger charge is 2.26. The molecule has 3 aromatic rings. The number of nitrogens with two attached hydrogens (primary N) is 1. The Hall–Kier alpha value is -4.35. The fourth-order valence-corrected chi connectivity index (χ4v) is 5.67. The van der Waals surface area contributed by atoms with Gasteiger partial charge in [-0.05, 0) is 44.4 Å². The summed E-state index contributed by atoms with van der Waals surface area (Å²) >= 11 is 0. The summed E-state index contributed by atoms with van der Waals surface area (Å²) in [7, 11) is 0. The van der Waals surface area contributed by atoms with Crippen LogP contribution in [0, 0.1) is 6.92 Å². The molecule has 1 saturated heterocycles. The molecule has 0 atom stereocenters. The number of Topliss-reactive ketones (excluding diaryl/α,β-unsaturated/α-hetero) is 1. The summed E-state index contributed by atoms with van der Waals surface area (Å²) in [5.74, 6) is 0.0877. The molecule has 3 aromatic heterocycles. The quantitative estimate of drug-likeness (QED) is 0.405. The van der Waals surface area contributed by atoms with Crippen LogP contribution in [-0.4, -0.2) is 68.2 Å². The Bertz CT molecular complexity index is 1500. The van der Waals surface area contributed by atoms with Gasteiger partial charge in [-0.1, -0.05) is 12.8 Å². The van der Waals surface area contributed by atoms with Crippen LogP contribution in [0.4, 0.5) is 17.5 Å². The van der Waals surface area contributed by atoms with Gasteiger partial charge in [-0.3, -0.25) is 23.7 Å². The zero-order valence-corrected chi connectivity index (χ0v) is 22.9. The molecule has 1 aliphatic heterocycles. The van der Waals surface area contributed by atoms with Gasteiger partial charge in [0.05, 0.1) is 17.4 Å². The molecule has 2 amide bonds. The van der Waals surface area contributed by atoms with Crippen molar-refractivity contribution < 1.29 is 14.4 Å². The van der Waals surface area contributed by atoms with Gasteiger partial charge < -0.3 is 20.9 Å². The van der Waals surface area contributed by atoms with Gasteiger partial charge in [-0.2, -0.15) is 4.98 Å². The number of aromatic nitrogens is 4. The minimum atomic E-state index is -0.471. The Morgan fingerprint density at radius 1 is 1.02 bits per heavy atom. The topological polar surface area (TPSA) is 156 Å². The number of ketones is 1. The number of carbonyl (C=O) groups excluding carboxylic acids is 3. The number of rotatable bonds is 8. The lowest BCUT2D eigenvalue weighted by Crippen LogP contribution is -2.48. The Morgan fingerprint density at radius 2 is 1.75 bits per heavy atom. The first-order valence-electron chi connectivity index (χ1n) is 13.7. The normalized spacial score (nSPS) is 15.9. The number of piperazine rings is 1. The maximum absolute atomic E-state index is 13.4. The summed E-state index contributed by atoms with van der Waals surface area (Å²) in [5.41, 5.74) is 7.12. The van der Waals surface area contributed by atoms with E-state index in [2.05, 4.69) is 20.2 Å². The van der Waals surface area contributed by atoms with Crippen LogP contribution in [0.1, 0.15) is 67.4 Å². The van der Waals surface area contributed by atoms with Gasteiger partial charge in [0.15, 0.2) is 5.78 Å². The maximum Gasteiger partial charge on any atom is 0.263 e. The summed E-state index contributed by atoms with van der Waals surface area (Å²) < 4.78 is 1.69. The molecule has 0 unspecified atom stereocenters. The molecule has 0 spiro atoms. The van der Waals surface area contributed by atoms with Crippen molar-refractivity contribution in [2.75, 3.05) is 36.4 Å². The first-order valence-corrected chi connectivity index (χ1v) is 13.7. The van der Waals surface area contributed by atoms with Crippen molar-refractivity contribution in [2.45, 2.75) is 58.4 Å². The van der Waals surface area contributed by atoms with E-state index < -0.39 is 5.91 Å². The van der Waals surface area contributed by atoms with Gasteiger partial charge >= 0.3 is 0 Å². The van der Waals surface area contributed by atoms with E-state index in [0.29, 0.717) is 54.5 Å². The number of aryl methyl sites for hydroxylation is 1. The Kier molecular flexibility index (Phi) is 7.76. The molecule has 0 radical (unpaired) electrons. The van der Waals surface area contributed by atoms with Crippen molar-refractivity contribution in [3.8, 4) is 0 Å². The van der Waals surface area contributed by atoms with Gasteiger partial charge in [0, 0.05) is 56.6 Å². The van der Waals surface area contributed by atoms with Crippen LogP contribution in [0.25, 0.3) is 11.0 Å². The predicted octanol–water partition coefficient (Wildman–Crippen LogP) is 2.47. The number of fused-ring (bicyclic) bond motifs is 1. The highest BCUT2D eigenvalue weighted by atomic mass is 16.2. The second-order valence-corrected chi connectivity index (χ2v) is 10.5. The van der Waals surface area contributed by atoms with Crippen molar-refractivity contribution in [1.82, 2.24) is 24.4 Å². The number of primary amides is 1. The number of pyridine rings is 2. The third kappa shape index (κ3) is 5.51. The Balaban J connectivity index is 1.32. The third-order valence-electron chi connectivity index (χ3n) is 7.82. The highest BCUT2D eigenvalue weighted by Crippen LogP contribution is 2.32. The predicted molar refractivity (Wildman–Crippen MR) is 151 cm³/mol. The van der Waals surface area contributed by atoms with Crippen molar-refractivity contribution in [2.24, 2.45) is 5.73 Å². The van der Waals surface area contributed by atoms with E-state index in [9.17, 15) is 19.2 Å². The number of nitrogens with zero attached hydrogens (tertiary/aromatic N) is 6. The molecule has 2 aliphatic rings. The molecule has 12 nitrogen and oxygen atoms in total. The first-order chi connectivity index (χ1) is 19.2. The lowest BCUT2D eigenvalue weighted by Gasteiger charge is -2.36. The highest BCUT2D eigenvalue weighted by molar-refractivity contribution is 5.99. The Labute approximate surface area is 231 Å². The summed E-state index contributed by atoms with van der Waals surface area (Å²) in [6.07, 6.45) is 7.45. The lowest BCUT2D eigenvalue weighted by molar-refractivity contribution is -0.133. The van der Waals surface area contributed by atoms with Gasteiger partial charge in [0.25, 0.3) is 5.56 Å². The summed E-state index contributed by atoms with van der Waals surface area (Å²) in [4.78, 5) is 66.6. The van der Waals surface area contributed by atoms with E-state index >= 15 is 0 Å². The zero-order chi connectivity index (χ0) is 28.4. The van der Waals surface area contributed by atoms with Gasteiger partial charge in [-0.15, -0.1) is 0 Å². The molecular weight excluding hydrogens is 512 g/mol. The summed E-state index contributed by atoms with van der Waals surface area (Å²) in [6, 6.07) is 3.79. The summed E-state index contributed by atoms with van der Waals surface area (Å²) in [6.45, 7) is 5.64. The fourth-order valence-electron chi connectivity index (χ4n) is 5.67. The van der Waals surface area contributed by atoms with Crippen molar-refractivity contribution in [1.29, 1.82) is 0 Å². The van der Waals surface area contributed by atoms with E-state index in [1.807, 2.05) is 12.1 Å². The maximum atomic E-state index is 13.4. The molecule has 12 heteroatoms. The van der Waals surface area contributed by atoms with E-state index in [-0.39, 0.29) is 41.7 Å². The van der Waals surface area contributed by atoms with Crippen molar-refractivity contribution >= 4 is 46.1 Å². The molecule has 1 saturated carbocycles. The smallest absolute Gasteiger partial charge is 0.263 e. The third-order valence-corrected chi connectivity index (χ3v) is 7.82. The number of amides is 2. The van der Waals surface area contributed by atoms with Crippen LogP contribution in [-0.2, 0) is 9.59 Å². The van der Waals surface area contributed by atoms with E-state index in [1.165, 1.54) is 6.92 Å². The van der Waals surface area contributed by atoms with Crippen LogP contribution in [0.5, 0.6) is 0 Å². The second-order valence-electron chi connectivity index (χ2n) is 10.5. The van der Waals surface area contributed by atoms with Crippen LogP contribution < -0.4 is 21.5 Å². The number of anilines is 3. The molecule has 40 heavy (non-hydrogen) atoms. The molecule has 5 rings (SSSR count). The molecule has 4 heterocycles. The molecule has 0 bridgehead atoms. The number of carbonyl (C=O) groups is 3. The van der Waals surface area contributed by atoms with E-state index in [0.717, 1.165) is 31.4 Å². The molecule has 0 aromatic carbocycles. The minimum absolute atomic E-state index is 0.00720. The fraction of sp³-hybridized carbons (Fsp3) is 0.464. The summed E-state index contributed by atoms with van der Waals surface area (Å²) in [5, 5.41) is 3.83. The first kappa shape index (κ1) is 27.2. The molecule has 1 aliphatic carbocycles. The van der Waals surface area contributed by atoms with Gasteiger partial charge in [0.1, 0.15) is 11.5 Å². The van der Waals surface area contributed by atoms with Gasteiger partial charge in [-0.25, -0.2) is 9.97 Å². The number of hydrogen-bond donors (Lipinski definition) is 2. The number of nitrogens with one attached hydrogen (secondary N) is 1. The molecule has 3 N–H and O–H groups in total. The average Bonchev–Trinajstić information content (AvgIpc) is 3.46. The van der Waals surface area contributed by atoms with E-state index in [1.54, 1.807) is 28.8 Å². The lowest BCUT2D eigenvalue weighted by atomic mass is 10.0. The SMILES string of the molecule is CC(=O)c1c(C)c2cnc(Nc3ccc(N4CCN(C(=O)CCC(N)=O)CC4)cn3)nc2n(C2CCCC2)c1=O. The van der Waals surface area contributed by atoms with Crippen molar-refractivity contribution in [3.63, 3.8) is 0 Å². The molecule has 2 fully saturated rings. The molecular formula is C28H34N8O4. The van der Waals surface area contributed by atoms with Crippen LogP contribution in [0.3, 0.4) is 0 Å².